The maximum absolute atomic E-state index is 4.12. The fourth-order valence-electron chi connectivity index (χ4n) is 3.39. The number of nitrogens with one attached hydrogen (secondary N) is 1. The lowest BCUT2D eigenvalue weighted by Crippen LogP contribution is -2.53. The predicted molar refractivity (Wildman–Crippen MR) is 84.7 cm³/mol. The largest absolute Gasteiger partial charge is 0.314 e. The van der Waals surface area contributed by atoms with E-state index in [0.29, 0.717) is 24.0 Å². The Morgan fingerprint density at radius 3 is 2.70 bits per heavy atom. The second kappa shape index (κ2) is 7.19. The predicted octanol–water partition coefficient (Wildman–Crippen LogP) is 3.24. The van der Waals surface area contributed by atoms with Crippen LogP contribution in [0.1, 0.15) is 52.1 Å². The summed E-state index contributed by atoms with van der Waals surface area (Å²) in [5.74, 6) is 0.694. The summed E-state index contributed by atoms with van der Waals surface area (Å²) < 4.78 is 0. The lowest BCUT2D eigenvalue weighted by molar-refractivity contribution is 0.0524. The Hall–Kier alpha value is -0.930. The molecular formula is C17H29N3. The zero-order valence-electron chi connectivity index (χ0n) is 13.3. The van der Waals surface area contributed by atoms with E-state index in [9.17, 15) is 0 Å². The molecule has 0 bridgehead atoms. The second-order valence-corrected chi connectivity index (χ2v) is 6.14. The first kappa shape index (κ1) is 15.5. The molecule has 1 fully saturated rings. The zero-order valence-corrected chi connectivity index (χ0v) is 13.3. The smallest absolute Gasteiger partial charge is 0.0323 e. The van der Waals surface area contributed by atoms with Gasteiger partial charge in [-0.15, -0.1) is 0 Å². The third-order valence-electron chi connectivity index (χ3n) is 4.96. The van der Waals surface area contributed by atoms with E-state index in [-0.39, 0.29) is 0 Å². The van der Waals surface area contributed by atoms with E-state index in [0.717, 1.165) is 6.54 Å². The van der Waals surface area contributed by atoms with Crippen LogP contribution in [0, 0.1) is 5.92 Å². The summed E-state index contributed by atoms with van der Waals surface area (Å²) >= 11 is 0. The fourth-order valence-corrected chi connectivity index (χ4v) is 3.39. The van der Waals surface area contributed by atoms with E-state index in [1.807, 2.05) is 12.4 Å². The highest BCUT2D eigenvalue weighted by Crippen LogP contribution is 2.31. The van der Waals surface area contributed by atoms with E-state index < -0.39 is 0 Å². The quantitative estimate of drug-likeness (QED) is 0.894. The van der Waals surface area contributed by atoms with Crippen molar-refractivity contribution in [3.8, 4) is 0 Å². The number of piperidine rings is 1. The molecule has 0 amide bonds. The fraction of sp³-hybridized carbons (Fsp3) is 0.706. The molecule has 20 heavy (non-hydrogen) atoms. The van der Waals surface area contributed by atoms with Gasteiger partial charge in [0.15, 0.2) is 0 Å². The van der Waals surface area contributed by atoms with Gasteiger partial charge in [-0.3, -0.25) is 9.88 Å². The molecule has 0 aliphatic carbocycles. The van der Waals surface area contributed by atoms with Crippen molar-refractivity contribution in [3.05, 3.63) is 30.1 Å². The van der Waals surface area contributed by atoms with Crippen LogP contribution in [0.25, 0.3) is 0 Å². The third-order valence-corrected chi connectivity index (χ3v) is 4.96. The first-order valence-electron chi connectivity index (χ1n) is 8.04. The molecule has 0 spiro atoms. The van der Waals surface area contributed by atoms with Crippen molar-refractivity contribution in [1.82, 2.24) is 15.2 Å². The number of aromatic nitrogens is 1. The first-order valence-corrected chi connectivity index (χ1v) is 8.04. The summed E-state index contributed by atoms with van der Waals surface area (Å²) in [7, 11) is 0. The minimum absolute atomic E-state index is 0.475. The summed E-state index contributed by atoms with van der Waals surface area (Å²) in [5, 5.41) is 3.71. The van der Waals surface area contributed by atoms with Gasteiger partial charge in [-0.05, 0) is 56.8 Å². The molecule has 0 aromatic carbocycles. The highest BCUT2D eigenvalue weighted by atomic mass is 15.2. The SMILES string of the molecule is CCCNC1CCN(C(C)c2ccncc2)C(C)C1C. The van der Waals surface area contributed by atoms with Crippen LogP contribution < -0.4 is 5.32 Å². The van der Waals surface area contributed by atoms with E-state index in [2.05, 4.69) is 55.0 Å². The molecule has 1 aliphatic heterocycles. The van der Waals surface area contributed by atoms with E-state index in [1.165, 1.54) is 24.9 Å². The van der Waals surface area contributed by atoms with Crippen LogP contribution in [0.3, 0.4) is 0 Å². The molecule has 0 radical (unpaired) electrons. The standard InChI is InChI=1S/C17H29N3/c1-5-9-19-17-8-12-20(14(3)13(17)2)15(4)16-6-10-18-11-7-16/h6-7,10-11,13-15,17,19H,5,8-9,12H2,1-4H3. The highest BCUT2D eigenvalue weighted by molar-refractivity contribution is 5.15. The maximum Gasteiger partial charge on any atom is 0.0323 e. The molecule has 4 unspecified atom stereocenters. The number of pyridine rings is 1. The van der Waals surface area contributed by atoms with E-state index >= 15 is 0 Å². The monoisotopic (exact) mass is 275 g/mol. The molecule has 4 atom stereocenters. The lowest BCUT2D eigenvalue weighted by Gasteiger charge is -2.46. The van der Waals surface area contributed by atoms with Gasteiger partial charge in [0.1, 0.15) is 0 Å². The summed E-state index contributed by atoms with van der Waals surface area (Å²) in [5.41, 5.74) is 1.37. The number of nitrogens with zero attached hydrogens (tertiary/aromatic N) is 2. The summed E-state index contributed by atoms with van der Waals surface area (Å²) in [4.78, 5) is 6.77. The van der Waals surface area contributed by atoms with Gasteiger partial charge >= 0.3 is 0 Å². The molecule has 112 valence electrons. The van der Waals surface area contributed by atoms with Crippen molar-refractivity contribution >= 4 is 0 Å². The van der Waals surface area contributed by atoms with Crippen LogP contribution in [0.2, 0.25) is 0 Å². The van der Waals surface area contributed by atoms with Gasteiger partial charge in [0.05, 0.1) is 0 Å². The van der Waals surface area contributed by atoms with Crippen molar-refractivity contribution in [2.75, 3.05) is 13.1 Å². The molecule has 1 aromatic heterocycles. The van der Waals surface area contributed by atoms with Gasteiger partial charge in [0, 0.05) is 37.1 Å². The summed E-state index contributed by atoms with van der Waals surface area (Å²) in [6.45, 7) is 11.6. The van der Waals surface area contributed by atoms with Crippen LogP contribution in [-0.4, -0.2) is 35.1 Å². The number of hydrogen-bond donors (Lipinski definition) is 1. The summed E-state index contributed by atoms with van der Waals surface area (Å²) in [6.07, 6.45) is 6.26. The minimum Gasteiger partial charge on any atom is -0.314 e. The Labute approximate surface area is 123 Å². The van der Waals surface area contributed by atoms with Crippen LogP contribution >= 0.6 is 0 Å². The molecule has 3 nitrogen and oxygen atoms in total. The average Bonchev–Trinajstić information content (AvgIpc) is 2.49. The molecule has 0 saturated carbocycles. The topological polar surface area (TPSA) is 28.2 Å². The minimum atomic E-state index is 0.475. The van der Waals surface area contributed by atoms with Gasteiger partial charge < -0.3 is 5.32 Å². The Kier molecular flexibility index (Phi) is 5.55. The third kappa shape index (κ3) is 3.39. The van der Waals surface area contributed by atoms with Crippen LogP contribution in [0.5, 0.6) is 0 Å². The van der Waals surface area contributed by atoms with Crippen molar-refractivity contribution in [2.45, 2.75) is 58.7 Å². The van der Waals surface area contributed by atoms with Crippen LogP contribution in [-0.2, 0) is 0 Å². The molecule has 1 aliphatic rings. The molecule has 1 aromatic rings. The Morgan fingerprint density at radius 2 is 2.05 bits per heavy atom. The van der Waals surface area contributed by atoms with Crippen LogP contribution in [0.15, 0.2) is 24.5 Å². The van der Waals surface area contributed by atoms with Crippen molar-refractivity contribution in [2.24, 2.45) is 5.92 Å². The second-order valence-electron chi connectivity index (χ2n) is 6.14. The lowest BCUT2D eigenvalue weighted by atomic mass is 9.85. The molecule has 3 heteroatoms. The number of rotatable bonds is 5. The number of hydrogen-bond acceptors (Lipinski definition) is 3. The Balaban J connectivity index is 2.01. The van der Waals surface area contributed by atoms with E-state index in [1.54, 1.807) is 0 Å². The normalized spacial score (nSPS) is 29.3. The highest BCUT2D eigenvalue weighted by Gasteiger charge is 2.34. The molecule has 2 heterocycles. The van der Waals surface area contributed by atoms with Crippen LogP contribution in [0.4, 0.5) is 0 Å². The van der Waals surface area contributed by atoms with E-state index in [4.69, 9.17) is 0 Å². The van der Waals surface area contributed by atoms with Gasteiger partial charge in [-0.25, -0.2) is 0 Å². The van der Waals surface area contributed by atoms with Gasteiger partial charge in [0.25, 0.3) is 0 Å². The molecular weight excluding hydrogens is 246 g/mol. The number of likely N-dealkylation sites (tertiary alicyclic amines) is 1. The van der Waals surface area contributed by atoms with Gasteiger partial charge in [-0.2, -0.15) is 0 Å². The average molecular weight is 275 g/mol. The molecule has 1 saturated heterocycles. The van der Waals surface area contributed by atoms with Gasteiger partial charge in [-0.1, -0.05) is 13.8 Å². The maximum atomic E-state index is 4.12. The van der Waals surface area contributed by atoms with Crippen molar-refractivity contribution in [3.63, 3.8) is 0 Å². The molecule has 1 N–H and O–H groups in total. The molecule has 2 rings (SSSR count). The summed E-state index contributed by atoms with van der Waals surface area (Å²) in [6, 6.07) is 6.04. The Bertz CT molecular complexity index is 392. The van der Waals surface area contributed by atoms with Crippen molar-refractivity contribution < 1.29 is 0 Å². The first-order chi connectivity index (χ1) is 9.65. The van der Waals surface area contributed by atoms with Crippen molar-refractivity contribution in [1.29, 1.82) is 0 Å². The van der Waals surface area contributed by atoms with Gasteiger partial charge in [0.2, 0.25) is 0 Å². The zero-order chi connectivity index (χ0) is 14.5. The Morgan fingerprint density at radius 1 is 1.35 bits per heavy atom.